The van der Waals surface area contributed by atoms with Gasteiger partial charge in [-0.1, -0.05) is 64.1 Å². The fourth-order valence-electron chi connectivity index (χ4n) is 3.77. The van der Waals surface area contributed by atoms with E-state index in [9.17, 15) is 4.79 Å². The Morgan fingerprint density at radius 2 is 1.74 bits per heavy atom. The zero-order valence-corrected chi connectivity index (χ0v) is 18.5. The number of carbonyl (C=O) groups is 1. The second-order valence-electron chi connectivity index (χ2n) is 7.02. The van der Waals surface area contributed by atoms with E-state index in [1.165, 1.54) is 46.2 Å². The first-order valence-electron chi connectivity index (χ1n) is 10.7. The van der Waals surface area contributed by atoms with Gasteiger partial charge in [0, 0.05) is 5.92 Å². The van der Waals surface area contributed by atoms with E-state index in [1.54, 1.807) is 6.08 Å². The van der Waals surface area contributed by atoms with Gasteiger partial charge in [0.2, 0.25) is 0 Å². The highest BCUT2D eigenvalue weighted by Crippen LogP contribution is 2.39. The molecule has 3 rings (SSSR count). The summed E-state index contributed by atoms with van der Waals surface area (Å²) in [6, 6.07) is 2.25. The molecule has 0 saturated heterocycles. The Bertz CT molecular complexity index is 714. The zero-order valence-electron chi connectivity index (χ0n) is 18.5. The van der Waals surface area contributed by atoms with Gasteiger partial charge in [-0.25, -0.2) is 0 Å². The molecule has 0 radical (unpaired) electrons. The van der Waals surface area contributed by atoms with Crippen molar-refractivity contribution in [3.63, 3.8) is 0 Å². The van der Waals surface area contributed by atoms with Crippen LogP contribution in [0.1, 0.15) is 82.2 Å². The van der Waals surface area contributed by atoms with E-state index >= 15 is 0 Å². The van der Waals surface area contributed by atoms with Crippen molar-refractivity contribution in [1.82, 2.24) is 0 Å². The molecule has 1 unspecified atom stereocenters. The van der Waals surface area contributed by atoms with Crippen LogP contribution in [0.3, 0.4) is 0 Å². The molecule has 1 heteroatoms. The molecule has 148 valence electrons. The van der Waals surface area contributed by atoms with Crippen LogP contribution < -0.4 is 0 Å². The summed E-state index contributed by atoms with van der Waals surface area (Å²) in [6.45, 7) is 18.4. The van der Waals surface area contributed by atoms with Crippen LogP contribution in [0.5, 0.6) is 0 Å². The quantitative estimate of drug-likeness (QED) is 0.497. The molecule has 0 N–H and O–H groups in total. The van der Waals surface area contributed by atoms with Crippen LogP contribution in [0, 0.1) is 18.8 Å². The fourth-order valence-corrected chi connectivity index (χ4v) is 3.77. The van der Waals surface area contributed by atoms with Crippen LogP contribution >= 0.6 is 0 Å². The van der Waals surface area contributed by atoms with Crippen molar-refractivity contribution in [2.45, 2.75) is 74.1 Å². The minimum absolute atomic E-state index is 0.112. The van der Waals surface area contributed by atoms with Gasteiger partial charge in [0.05, 0.1) is 0 Å². The summed E-state index contributed by atoms with van der Waals surface area (Å²) < 4.78 is 0. The summed E-state index contributed by atoms with van der Waals surface area (Å²) in [6.07, 6.45) is 12.3. The number of allylic oxidation sites excluding steroid dienone is 3. The lowest BCUT2D eigenvalue weighted by molar-refractivity contribution is -0.117. The zero-order chi connectivity index (χ0) is 20.6. The maximum Gasteiger partial charge on any atom is 0.159 e. The first kappa shape index (κ1) is 23.1. The number of rotatable bonds is 5. The van der Waals surface area contributed by atoms with Crippen molar-refractivity contribution in [2.24, 2.45) is 11.8 Å². The predicted octanol–water partition coefficient (Wildman–Crippen LogP) is 7.36. The van der Waals surface area contributed by atoms with Gasteiger partial charge in [0.15, 0.2) is 5.78 Å². The highest BCUT2D eigenvalue weighted by atomic mass is 16.1. The Labute approximate surface area is 167 Å². The molecule has 1 atom stereocenters. The van der Waals surface area contributed by atoms with Crippen molar-refractivity contribution in [1.29, 1.82) is 0 Å². The first-order chi connectivity index (χ1) is 13.0. The van der Waals surface area contributed by atoms with E-state index < -0.39 is 0 Å². The monoisotopic (exact) mass is 366 g/mol. The standard InChI is InChI=1S/C22H26O.2C2H6/c1-5-7-22(23)19-12-18-11-16(6-2)20(15(4)21(18)13-19)10-14(3)17-8-9-17;2*1-2/h5-7,10-11,17,19H,2,8-9,12-13H2,1,3-4H3;2*1-2H3/b7-5+,14-10+;;. The summed E-state index contributed by atoms with van der Waals surface area (Å²) in [7, 11) is 0. The molecule has 1 nitrogen and oxygen atoms in total. The molecule has 2 aliphatic rings. The summed E-state index contributed by atoms with van der Waals surface area (Å²) in [5, 5.41) is 0. The molecular formula is C26H38O. The summed E-state index contributed by atoms with van der Waals surface area (Å²) in [4.78, 5) is 12.2. The van der Waals surface area contributed by atoms with Crippen molar-refractivity contribution < 1.29 is 4.79 Å². The lowest BCUT2D eigenvalue weighted by atomic mass is 9.92. The van der Waals surface area contributed by atoms with E-state index in [0.29, 0.717) is 0 Å². The van der Waals surface area contributed by atoms with Gasteiger partial charge < -0.3 is 0 Å². The Morgan fingerprint density at radius 3 is 2.26 bits per heavy atom. The average Bonchev–Trinajstić information content (AvgIpc) is 3.46. The van der Waals surface area contributed by atoms with E-state index in [-0.39, 0.29) is 11.7 Å². The highest BCUT2D eigenvalue weighted by Gasteiger charge is 2.29. The first-order valence-corrected chi connectivity index (χ1v) is 10.7. The SMILES string of the molecule is C=Cc1cc2c(c(C)c1/C=C(\C)C1CC1)CC(C(=O)/C=C/C)C2.CC.CC. The average molecular weight is 367 g/mol. The number of fused-ring (bicyclic) bond motifs is 1. The van der Waals surface area contributed by atoms with Crippen molar-refractivity contribution in [3.8, 4) is 0 Å². The van der Waals surface area contributed by atoms with E-state index in [4.69, 9.17) is 0 Å². The van der Waals surface area contributed by atoms with Gasteiger partial charge >= 0.3 is 0 Å². The summed E-state index contributed by atoms with van der Waals surface area (Å²) in [5.74, 6) is 1.15. The third-order valence-electron chi connectivity index (χ3n) is 5.35. The molecule has 1 saturated carbocycles. The Morgan fingerprint density at radius 1 is 1.11 bits per heavy atom. The molecular weight excluding hydrogens is 328 g/mol. The summed E-state index contributed by atoms with van der Waals surface area (Å²) in [5.41, 5.74) is 8.06. The number of ketones is 1. The highest BCUT2D eigenvalue weighted by molar-refractivity contribution is 5.92. The molecule has 27 heavy (non-hydrogen) atoms. The van der Waals surface area contributed by atoms with Gasteiger partial charge in [-0.3, -0.25) is 4.79 Å². The maximum absolute atomic E-state index is 12.2. The number of hydrogen-bond acceptors (Lipinski definition) is 1. The van der Waals surface area contributed by atoms with Crippen LogP contribution in [0.15, 0.2) is 30.4 Å². The second-order valence-corrected chi connectivity index (χ2v) is 7.02. The normalized spacial score (nSPS) is 18.2. The van der Waals surface area contributed by atoms with Gasteiger partial charge in [-0.15, -0.1) is 0 Å². The van der Waals surface area contributed by atoms with Crippen molar-refractivity contribution in [2.75, 3.05) is 0 Å². The van der Waals surface area contributed by atoms with Crippen LogP contribution in [0.25, 0.3) is 12.2 Å². The minimum atomic E-state index is 0.112. The third-order valence-corrected chi connectivity index (χ3v) is 5.35. The number of benzene rings is 1. The number of carbonyl (C=O) groups excluding carboxylic acids is 1. The maximum atomic E-state index is 12.2. The van der Waals surface area contributed by atoms with E-state index in [2.05, 4.69) is 32.6 Å². The Kier molecular flexibility index (Phi) is 9.49. The van der Waals surface area contributed by atoms with Gasteiger partial charge in [0.1, 0.15) is 0 Å². The van der Waals surface area contributed by atoms with Crippen LogP contribution in [-0.4, -0.2) is 5.78 Å². The molecule has 0 bridgehead atoms. The lowest BCUT2D eigenvalue weighted by Gasteiger charge is -2.13. The predicted molar refractivity (Wildman–Crippen MR) is 121 cm³/mol. The van der Waals surface area contributed by atoms with Crippen molar-refractivity contribution >= 4 is 17.9 Å². The molecule has 0 amide bonds. The van der Waals surface area contributed by atoms with Crippen LogP contribution in [-0.2, 0) is 17.6 Å². The van der Waals surface area contributed by atoms with Crippen molar-refractivity contribution in [3.05, 3.63) is 58.2 Å². The van der Waals surface area contributed by atoms with Crippen LogP contribution in [0.4, 0.5) is 0 Å². The molecule has 1 fully saturated rings. The lowest BCUT2D eigenvalue weighted by Crippen LogP contribution is -2.11. The topological polar surface area (TPSA) is 17.1 Å². The molecule has 0 spiro atoms. The Hall–Kier alpha value is -1.89. The molecule has 2 aliphatic carbocycles. The molecule has 1 aromatic rings. The molecule has 0 aliphatic heterocycles. The van der Waals surface area contributed by atoms with Gasteiger partial charge in [-0.2, -0.15) is 0 Å². The molecule has 0 heterocycles. The van der Waals surface area contributed by atoms with E-state index in [0.717, 1.165) is 18.8 Å². The second kappa shape index (κ2) is 11.1. The largest absolute Gasteiger partial charge is 0.295 e. The van der Waals surface area contributed by atoms with Crippen LogP contribution in [0.2, 0.25) is 0 Å². The molecule has 0 aromatic heterocycles. The molecule has 1 aromatic carbocycles. The van der Waals surface area contributed by atoms with Gasteiger partial charge in [0.25, 0.3) is 0 Å². The fraction of sp³-hybridized carbons (Fsp3) is 0.500. The minimum Gasteiger partial charge on any atom is -0.295 e. The third kappa shape index (κ3) is 5.54. The van der Waals surface area contributed by atoms with E-state index in [1.807, 2.05) is 46.8 Å². The smallest absolute Gasteiger partial charge is 0.159 e. The number of hydrogen-bond donors (Lipinski definition) is 0. The Balaban J connectivity index is 0.000000855. The summed E-state index contributed by atoms with van der Waals surface area (Å²) >= 11 is 0. The van der Waals surface area contributed by atoms with Gasteiger partial charge in [-0.05, 0) is 86.3 Å².